The molecule has 0 spiro atoms. The van der Waals surface area contributed by atoms with E-state index in [4.69, 9.17) is 16.6 Å². The summed E-state index contributed by atoms with van der Waals surface area (Å²) >= 11 is 5.07. The number of thiocarbonyl (C=S) groups is 1. The Morgan fingerprint density at radius 1 is 1.19 bits per heavy atom. The van der Waals surface area contributed by atoms with Gasteiger partial charge in [0.05, 0.1) is 5.56 Å². The third-order valence-corrected chi connectivity index (χ3v) is 6.81. The number of likely N-dealkylation sites (N-methyl/N-ethyl adjacent to an activating group) is 1. The highest BCUT2D eigenvalue weighted by molar-refractivity contribution is 7.80. The third-order valence-electron chi connectivity index (χ3n) is 6.49. The first-order valence-corrected chi connectivity index (χ1v) is 11.1. The smallest absolute Gasteiger partial charge is 0.343 e. The number of hydrogen-bond acceptors (Lipinski definition) is 6. The van der Waals surface area contributed by atoms with Crippen molar-refractivity contribution in [3.05, 3.63) is 44.3 Å². The van der Waals surface area contributed by atoms with E-state index in [9.17, 15) is 14.4 Å². The third kappa shape index (κ3) is 3.00. The van der Waals surface area contributed by atoms with Crippen molar-refractivity contribution in [2.45, 2.75) is 39.5 Å². The molecule has 7 nitrogen and oxygen atoms in total. The zero-order chi connectivity index (χ0) is 21.9. The van der Waals surface area contributed by atoms with Crippen LogP contribution in [0.2, 0.25) is 0 Å². The van der Waals surface area contributed by atoms with E-state index < -0.39 is 17.4 Å². The molecule has 0 saturated carbocycles. The molecule has 1 fully saturated rings. The van der Waals surface area contributed by atoms with E-state index >= 15 is 0 Å². The van der Waals surface area contributed by atoms with Crippen LogP contribution in [-0.4, -0.2) is 41.5 Å². The summed E-state index contributed by atoms with van der Waals surface area (Å²) in [5.41, 5.74) is 4.53. The molecule has 1 aromatic carbocycles. The van der Waals surface area contributed by atoms with Crippen molar-refractivity contribution < 1.29 is 14.0 Å². The fourth-order valence-electron chi connectivity index (χ4n) is 4.96. The lowest BCUT2D eigenvalue weighted by Gasteiger charge is -2.37. The molecule has 0 radical (unpaired) electrons. The van der Waals surface area contributed by atoms with Gasteiger partial charge in [-0.05, 0) is 75.0 Å². The molecule has 2 amide bonds. The first-order chi connectivity index (χ1) is 14.9. The van der Waals surface area contributed by atoms with Crippen molar-refractivity contribution in [1.82, 2.24) is 10.2 Å². The number of rotatable bonds is 2. The van der Waals surface area contributed by atoms with Gasteiger partial charge in [-0.25, -0.2) is 4.79 Å². The van der Waals surface area contributed by atoms with Crippen molar-refractivity contribution in [3.63, 3.8) is 0 Å². The number of aryl methyl sites for hydroxylation is 3. The summed E-state index contributed by atoms with van der Waals surface area (Å²) in [7, 11) is 0. The lowest BCUT2D eigenvalue weighted by molar-refractivity contribution is -0.128. The predicted molar refractivity (Wildman–Crippen MR) is 122 cm³/mol. The Hall–Kier alpha value is -3.00. The second-order valence-corrected chi connectivity index (χ2v) is 8.62. The van der Waals surface area contributed by atoms with E-state index in [0.717, 1.165) is 55.3 Å². The van der Waals surface area contributed by atoms with Gasteiger partial charge in [-0.1, -0.05) is 0 Å². The predicted octanol–water partition coefficient (Wildman–Crippen LogP) is 2.45. The number of carbonyl (C=O) groups excluding carboxylic acids is 2. The first-order valence-electron chi connectivity index (χ1n) is 10.7. The van der Waals surface area contributed by atoms with Gasteiger partial charge in [-0.2, -0.15) is 0 Å². The Kier molecular flexibility index (Phi) is 4.69. The maximum Gasteiger partial charge on any atom is 0.343 e. The maximum atomic E-state index is 13.0. The molecule has 160 valence electrons. The first kappa shape index (κ1) is 19.9. The van der Waals surface area contributed by atoms with Crippen molar-refractivity contribution in [2.24, 2.45) is 0 Å². The summed E-state index contributed by atoms with van der Waals surface area (Å²) in [6.45, 7) is 6.01. The van der Waals surface area contributed by atoms with Crippen LogP contribution in [0.5, 0.6) is 0 Å². The Morgan fingerprint density at radius 2 is 1.94 bits per heavy atom. The number of amides is 2. The van der Waals surface area contributed by atoms with E-state index in [1.165, 1.54) is 22.2 Å². The molecule has 5 rings (SSSR count). The molecule has 1 N–H and O–H groups in total. The standard InChI is InChI=1S/C23H23N3O4S/c1-3-26-21(28)17(20(27)24-23(26)31)11-16-12(2)15-10-13-6-4-8-25-9-5-7-14(18(13)25)19(15)30-22(16)29/h10-11H,3-9H2,1-2H3,(H,24,27,31)/b17-11-. The summed E-state index contributed by atoms with van der Waals surface area (Å²) in [4.78, 5) is 41.9. The molecule has 1 aromatic heterocycles. The Balaban J connectivity index is 1.71. The minimum atomic E-state index is -0.602. The number of fused-ring (bicyclic) bond motifs is 2. The second-order valence-electron chi connectivity index (χ2n) is 8.23. The minimum Gasteiger partial charge on any atom is -0.422 e. The molecule has 3 aliphatic rings. The Bertz CT molecular complexity index is 1260. The Morgan fingerprint density at radius 3 is 2.68 bits per heavy atom. The van der Waals surface area contributed by atoms with Gasteiger partial charge in [0.25, 0.3) is 11.8 Å². The van der Waals surface area contributed by atoms with E-state index in [0.29, 0.717) is 12.1 Å². The average Bonchev–Trinajstić information content (AvgIpc) is 2.74. The number of hydrogen-bond donors (Lipinski definition) is 1. The number of benzene rings is 1. The number of carbonyl (C=O) groups is 2. The maximum absolute atomic E-state index is 13.0. The molecule has 0 atom stereocenters. The molecule has 0 unspecified atom stereocenters. The molecule has 3 aliphatic heterocycles. The van der Waals surface area contributed by atoms with Gasteiger partial charge in [0.2, 0.25) is 0 Å². The highest BCUT2D eigenvalue weighted by Gasteiger charge is 2.33. The van der Waals surface area contributed by atoms with Crippen LogP contribution in [0.25, 0.3) is 17.0 Å². The molecule has 8 heteroatoms. The summed E-state index contributed by atoms with van der Waals surface area (Å²) in [6.07, 6.45) is 5.35. The molecule has 31 heavy (non-hydrogen) atoms. The largest absolute Gasteiger partial charge is 0.422 e. The van der Waals surface area contributed by atoms with Gasteiger partial charge >= 0.3 is 5.63 Å². The normalized spacial score (nSPS) is 19.8. The summed E-state index contributed by atoms with van der Waals surface area (Å²) in [5, 5.41) is 3.47. The van der Waals surface area contributed by atoms with Gasteiger partial charge in [-0.3, -0.25) is 19.8 Å². The van der Waals surface area contributed by atoms with Crippen molar-refractivity contribution in [2.75, 3.05) is 24.5 Å². The van der Waals surface area contributed by atoms with Crippen LogP contribution < -0.4 is 15.8 Å². The van der Waals surface area contributed by atoms with Crippen LogP contribution in [0, 0.1) is 6.92 Å². The molecule has 4 heterocycles. The number of nitrogens with one attached hydrogen (secondary N) is 1. The van der Waals surface area contributed by atoms with Gasteiger partial charge in [0.15, 0.2) is 5.11 Å². The monoisotopic (exact) mass is 437 g/mol. The lowest BCUT2D eigenvalue weighted by atomic mass is 9.88. The van der Waals surface area contributed by atoms with Crippen molar-refractivity contribution in [1.29, 1.82) is 0 Å². The van der Waals surface area contributed by atoms with Crippen LogP contribution in [0.4, 0.5) is 5.69 Å². The van der Waals surface area contributed by atoms with E-state index in [1.54, 1.807) is 6.92 Å². The van der Waals surface area contributed by atoms with Crippen LogP contribution in [0.1, 0.15) is 42.0 Å². The molecule has 0 aliphatic carbocycles. The average molecular weight is 438 g/mol. The van der Waals surface area contributed by atoms with Crippen LogP contribution in [0.15, 0.2) is 20.9 Å². The second kappa shape index (κ2) is 7.30. The van der Waals surface area contributed by atoms with E-state index in [1.807, 2.05) is 6.92 Å². The van der Waals surface area contributed by atoms with Crippen LogP contribution in [-0.2, 0) is 22.4 Å². The van der Waals surface area contributed by atoms with Gasteiger partial charge < -0.3 is 9.32 Å². The zero-order valence-corrected chi connectivity index (χ0v) is 18.4. The van der Waals surface area contributed by atoms with Gasteiger partial charge in [-0.15, -0.1) is 0 Å². The highest BCUT2D eigenvalue weighted by atomic mass is 32.1. The van der Waals surface area contributed by atoms with E-state index in [2.05, 4.69) is 16.3 Å². The molecule has 1 saturated heterocycles. The fraction of sp³-hybridized carbons (Fsp3) is 0.391. The lowest BCUT2D eigenvalue weighted by Crippen LogP contribution is -2.53. The van der Waals surface area contributed by atoms with Crippen molar-refractivity contribution in [3.8, 4) is 0 Å². The highest BCUT2D eigenvalue weighted by Crippen LogP contribution is 2.40. The zero-order valence-electron chi connectivity index (χ0n) is 17.5. The topological polar surface area (TPSA) is 82.9 Å². The van der Waals surface area contributed by atoms with Gasteiger partial charge in [0.1, 0.15) is 11.2 Å². The summed E-state index contributed by atoms with van der Waals surface area (Å²) in [5.74, 6) is -1.11. The quantitative estimate of drug-likeness (QED) is 0.336. The molecule has 2 aromatic rings. The van der Waals surface area contributed by atoms with Crippen molar-refractivity contribution >= 4 is 51.9 Å². The summed E-state index contributed by atoms with van der Waals surface area (Å²) < 4.78 is 5.82. The van der Waals surface area contributed by atoms with Gasteiger partial charge in [0, 0.05) is 36.3 Å². The molecular weight excluding hydrogens is 414 g/mol. The van der Waals surface area contributed by atoms with Crippen LogP contribution in [0.3, 0.4) is 0 Å². The molecule has 0 bridgehead atoms. The summed E-state index contributed by atoms with van der Waals surface area (Å²) in [6, 6.07) is 2.11. The fourth-order valence-corrected chi connectivity index (χ4v) is 5.27. The number of anilines is 1. The minimum absolute atomic E-state index is 0.0761. The number of nitrogens with zero attached hydrogens (tertiary/aromatic N) is 2. The Labute approximate surface area is 184 Å². The molecular formula is C23H23N3O4S. The van der Waals surface area contributed by atoms with Crippen LogP contribution >= 0.6 is 12.2 Å². The van der Waals surface area contributed by atoms with E-state index in [-0.39, 0.29) is 16.2 Å². The SMILES string of the molecule is CCN1C(=O)/C(=C\c2c(C)c3cc4c5c(c3oc2=O)CCCN5CCC4)C(=O)NC1=S.